The number of nitrogens with one attached hydrogen (secondary N) is 1. The second kappa shape index (κ2) is 10.7. The molecule has 2 heterocycles. The molecule has 6 nitrogen and oxygen atoms in total. The third-order valence-corrected chi connectivity index (χ3v) is 10.0. The number of aliphatic hydroxyl groups is 2. The second-order valence-corrected chi connectivity index (χ2v) is 12.0. The standard InChI is InChI=1S/C37H36N2O4/c1-43-29-16-10-15-28(20-29)37(42)32-24-39(35(41)19-25-22-38-33-18-9-8-17-30(25)33)23-31(32)36(21-34(37)40,26-11-4-2-5-12-26)27-13-6-3-7-14-27/h2-18,20,22,31-32,34,38,40,42H,19,21,23-24H2,1H3. The van der Waals surface area contributed by atoms with Crippen molar-refractivity contribution in [1.29, 1.82) is 0 Å². The maximum absolute atomic E-state index is 14.1. The van der Waals surface area contributed by atoms with Crippen molar-refractivity contribution in [3.05, 3.63) is 138 Å². The lowest BCUT2D eigenvalue weighted by Gasteiger charge is -2.55. The van der Waals surface area contributed by atoms with E-state index < -0.39 is 23.0 Å². The predicted molar refractivity (Wildman–Crippen MR) is 167 cm³/mol. The Morgan fingerprint density at radius 1 is 0.860 bits per heavy atom. The van der Waals surface area contributed by atoms with E-state index in [1.54, 1.807) is 7.11 Å². The lowest BCUT2D eigenvalue weighted by molar-refractivity contribution is -0.167. The lowest BCUT2D eigenvalue weighted by atomic mass is 9.51. The fourth-order valence-electron chi connectivity index (χ4n) is 7.94. The summed E-state index contributed by atoms with van der Waals surface area (Å²) in [5.41, 5.74) is 2.52. The number of rotatable bonds is 6. The molecule has 4 unspecified atom stereocenters. The Balaban J connectivity index is 1.35. The summed E-state index contributed by atoms with van der Waals surface area (Å²) in [5, 5.41) is 25.8. The van der Waals surface area contributed by atoms with Crippen molar-refractivity contribution in [2.45, 2.75) is 30.0 Å². The van der Waals surface area contributed by atoms with Crippen LogP contribution in [0.3, 0.4) is 0 Å². The van der Waals surface area contributed by atoms with Gasteiger partial charge in [0, 0.05) is 41.5 Å². The number of H-pyrrole nitrogens is 1. The summed E-state index contributed by atoms with van der Waals surface area (Å²) in [4.78, 5) is 19.3. The number of carbonyl (C=O) groups excluding carboxylic acids is 1. The van der Waals surface area contributed by atoms with Gasteiger partial charge < -0.3 is 24.8 Å². The normalized spacial score (nSPS) is 24.5. The summed E-state index contributed by atoms with van der Waals surface area (Å²) < 4.78 is 5.51. The molecule has 0 bridgehead atoms. The number of nitrogens with zero attached hydrogens (tertiary/aromatic N) is 1. The molecule has 2 aliphatic rings. The number of likely N-dealkylation sites (tertiary alicyclic amines) is 1. The lowest BCUT2D eigenvalue weighted by Crippen LogP contribution is -2.60. The Labute approximate surface area is 251 Å². The van der Waals surface area contributed by atoms with Gasteiger partial charge in [0.15, 0.2) is 0 Å². The minimum Gasteiger partial charge on any atom is -0.497 e. The summed E-state index contributed by atoms with van der Waals surface area (Å²) in [6.07, 6.45) is 1.39. The topological polar surface area (TPSA) is 85.8 Å². The van der Waals surface area contributed by atoms with E-state index in [0.717, 1.165) is 27.6 Å². The van der Waals surface area contributed by atoms with E-state index in [1.807, 2.05) is 96.0 Å². The molecule has 1 aliphatic heterocycles. The molecule has 2 fully saturated rings. The minimum absolute atomic E-state index is 0.0108. The number of amides is 1. The second-order valence-electron chi connectivity index (χ2n) is 12.0. The number of methoxy groups -OCH3 is 1. The smallest absolute Gasteiger partial charge is 0.227 e. The molecule has 218 valence electrons. The highest BCUT2D eigenvalue weighted by molar-refractivity contribution is 5.89. The van der Waals surface area contributed by atoms with Crippen LogP contribution in [0.2, 0.25) is 0 Å². The molecule has 5 aromatic rings. The molecule has 1 aromatic heterocycles. The van der Waals surface area contributed by atoms with Crippen molar-refractivity contribution in [1.82, 2.24) is 9.88 Å². The van der Waals surface area contributed by atoms with Crippen molar-refractivity contribution < 1.29 is 19.7 Å². The average Bonchev–Trinajstić information content (AvgIpc) is 3.70. The zero-order valence-corrected chi connectivity index (χ0v) is 24.2. The molecule has 1 saturated heterocycles. The van der Waals surface area contributed by atoms with Crippen LogP contribution in [0.15, 0.2) is 115 Å². The molecule has 4 aromatic carbocycles. The number of aromatic nitrogens is 1. The Kier molecular flexibility index (Phi) is 6.83. The molecule has 7 rings (SSSR count). The van der Waals surface area contributed by atoms with Crippen molar-refractivity contribution >= 4 is 16.8 Å². The van der Waals surface area contributed by atoms with Crippen LogP contribution in [0.1, 0.15) is 28.7 Å². The zero-order valence-electron chi connectivity index (χ0n) is 24.2. The number of hydrogen-bond acceptors (Lipinski definition) is 4. The van der Waals surface area contributed by atoms with Crippen LogP contribution in [0.5, 0.6) is 5.75 Å². The van der Waals surface area contributed by atoms with Crippen LogP contribution in [-0.4, -0.2) is 52.3 Å². The Morgan fingerprint density at radius 3 is 2.19 bits per heavy atom. The largest absolute Gasteiger partial charge is 0.497 e. The fraction of sp³-hybridized carbons (Fsp3) is 0.270. The molecular formula is C37H36N2O4. The maximum Gasteiger partial charge on any atom is 0.227 e. The zero-order chi connectivity index (χ0) is 29.6. The molecule has 43 heavy (non-hydrogen) atoms. The van der Waals surface area contributed by atoms with Crippen molar-refractivity contribution in [3.63, 3.8) is 0 Å². The molecular weight excluding hydrogens is 536 g/mol. The van der Waals surface area contributed by atoms with Crippen LogP contribution in [0, 0.1) is 11.8 Å². The first-order valence-electron chi connectivity index (χ1n) is 14.9. The number of hydrogen-bond donors (Lipinski definition) is 3. The summed E-state index contributed by atoms with van der Waals surface area (Å²) in [6.45, 7) is 0.798. The molecule has 4 atom stereocenters. The van der Waals surface area contributed by atoms with Gasteiger partial charge in [0.05, 0.1) is 19.6 Å². The van der Waals surface area contributed by atoms with Crippen LogP contribution in [0.25, 0.3) is 10.9 Å². The van der Waals surface area contributed by atoms with Gasteiger partial charge in [0.25, 0.3) is 0 Å². The SMILES string of the molecule is COc1cccc(C2(O)C(O)CC(c3ccccc3)(c3ccccc3)C3CN(C(=O)Cc4c[nH]c5ccccc45)CC32)c1. The van der Waals surface area contributed by atoms with Gasteiger partial charge in [0.1, 0.15) is 11.4 Å². The number of carbonyl (C=O) groups is 1. The van der Waals surface area contributed by atoms with Crippen LogP contribution >= 0.6 is 0 Å². The van der Waals surface area contributed by atoms with E-state index in [0.29, 0.717) is 30.8 Å². The summed E-state index contributed by atoms with van der Waals surface area (Å²) in [5.74, 6) is 0.0269. The van der Waals surface area contributed by atoms with Gasteiger partial charge in [-0.05, 0) is 52.8 Å². The average molecular weight is 573 g/mol. The van der Waals surface area contributed by atoms with Crippen molar-refractivity contribution in [3.8, 4) is 5.75 Å². The number of para-hydroxylation sites is 1. The third-order valence-electron chi connectivity index (χ3n) is 10.0. The Morgan fingerprint density at radius 2 is 1.49 bits per heavy atom. The number of benzene rings is 4. The van der Waals surface area contributed by atoms with Crippen molar-refractivity contribution in [2.75, 3.05) is 20.2 Å². The Bertz CT molecular complexity index is 1710. The number of ether oxygens (including phenoxy) is 1. The van der Waals surface area contributed by atoms with Crippen LogP contribution < -0.4 is 4.74 Å². The van der Waals surface area contributed by atoms with Gasteiger partial charge in [-0.2, -0.15) is 0 Å². The predicted octanol–water partition coefficient (Wildman–Crippen LogP) is 5.43. The van der Waals surface area contributed by atoms with E-state index in [-0.39, 0.29) is 18.2 Å². The summed E-state index contributed by atoms with van der Waals surface area (Å²) in [6, 6.07) is 35.9. The fourth-order valence-corrected chi connectivity index (χ4v) is 7.94. The number of fused-ring (bicyclic) bond motifs is 2. The summed E-state index contributed by atoms with van der Waals surface area (Å²) in [7, 11) is 1.60. The molecule has 1 amide bonds. The quantitative estimate of drug-likeness (QED) is 0.253. The Hall–Kier alpha value is -4.39. The van der Waals surface area contributed by atoms with Gasteiger partial charge in [0.2, 0.25) is 5.91 Å². The van der Waals surface area contributed by atoms with E-state index in [1.165, 1.54) is 0 Å². The van der Waals surface area contributed by atoms with E-state index >= 15 is 0 Å². The van der Waals surface area contributed by atoms with E-state index in [4.69, 9.17) is 4.74 Å². The number of aliphatic hydroxyl groups excluding tert-OH is 1. The van der Waals surface area contributed by atoms with Gasteiger partial charge in [-0.3, -0.25) is 4.79 Å². The monoisotopic (exact) mass is 572 g/mol. The molecule has 1 aliphatic carbocycles. The molecule has 6 heteroatoms. The van der Waals surface area contributed by atoms with Gasteiger partial charge in [-0.15, -0.1) is 0 Å². The first-order chi connectivity index (χ1) is 20.9. The highest BCUT2D eigenvalue weighted by atomic mass is 16.5. The molecule has 0 spiro atoms. The highest BCUT2D eigenvalue weighted by Gasteiger charge is 2.64. The van der Waals surface area contributed by atoms with E-state index in [2.05, 4.69) is 29.2 Å². The van der Waals surface area contributed by atoms with Crippen molar-refractivity contribution in [2.24, 2.45) is 11.8 Å². The third kappa shape index (κ3) is 4.36. The first kappa shape index (κ1) is 27.4. The van der Waals surface area contributed by atoms with Gasteiger partial charge in [-0.1, -0.05) is 91.0 Å². The van der Waals surface area contributed by atoms with Gasteiger partial charge >= 0.3 is 0 Å². The van der Waals surface area contributed by atoms with Gasteiger partial charge in [-0.25, -0.2) is 0 Å². The molecule has 1 saturated carbocycles. The molecule has 3 N–H and O–H groups in total. The number of aromatic amines is 1. The minimum atomic E-state index is -1.58. The summed E-state index contributed by atoms with van der Waals surface area (Å²) >= 11 is 0. The maximum atomic E-state index is 14.1. The molecule has 0 radical (unpaired) electrons. The van der Waals surface area contributed by atoms with Crippen LogP contribution in [-0.2, 0) is 22.2 Å². The highest BCUT2D eigenvalue weighted by Crippen LogP contribution is 2.59. The van der Waals surface area contributed by atoms with Crippen LogP contribution in [0.4, 0.5) is 0 Å². The van der Waals surface area contributed by atoms with E-state index in [9.17, 15) is 15.0 Å². The first-order valence-corrected chi connectivity index (χ1v) is 14.9.